The number of phenols is 2. The minimum absolute atomic E-state index is 0.0268. The maximum Gasteiger partial charge on any atom is 0.172 e. The summed E-state index contributed by atoms with van der Waals surface area (Å²) in [7, 11) is 0. The van der Waals surface area contributed by atoms with E-state index in [1.165, 1.54) is 0 Å². The Hall–Kier alpha value is -3.82. The van der Waals surface area contributed by atoms with Gasteiger partial charge in [-0.05, 0) is 0 Å². The predicted octanol–water partition coefficient (Wildman–Crippen LogP) is 2.11. The third-order valence-electron chi connectivity index (χ3n) is 5.12. The maximum absolute atomic E-state index is 12.0. The van der Waals surface area contributed by atoms with Crippen LogP contribution in [0.25, 0.3) is 33.2 Å². The van der Waals surface area contributed by atoms with E-state index in [4.69, 9.17) is 0 Å². The van der Waals surface area contributed by atoms with Crippen LogP contribution in [0.2, 0.25) is 0 Å². The molecule has 2 aliphatic carbocycles. The first-order valence-corrected chi connectivity index (χ1v) is 8.61. The second kappa shape index (κ2) is 5.35. The van der Waals surface area contributed by atoms with Crippen LogP contribution in [0.3, 0.4) is 0 Å². The van der Waals surface area contributed by atoms with Gasteiger partial charge in [-0.2, -0.15) is 0 Å². The molecule has 0 fully saturated rings. The Morgan fingerprint density at radius 3 is 1.43 bits per heavy atom. The SMILES string of the molecule is O=C1CCC(O)=C1c1nc2c(O)c3nc(C4=C(O)CCC4=O)[nH]c3c(O)c2[nH]1. The van der Waals surface area contributed by atoms with E-state index < -0.39 is 0 Å². The first-order valence-electron chi connectivity index (χ1n) is 8.61. The monoisotopic (exact) mass is 382 g/mol. The van der Waals surface area contributed by atoms with E-state index in [1.807, 2.05) is 0 Å². The third kappa shape index (κ3) is 2.02. The number of aliphatic hydroxyl groups excluding tert-OH is 2. The van der Waals surface area contributed by atoms with Crippen molar-refractivity contribution in [3.8, 4) is 11.5 Å². The van der Waals surface area contributed by atoms with Gasteiger partial charge < -0.3 is 30.4 Å². The molecule has 10 heteroatoms. The second-order valence-electron chi connectivity index (χ2n) is 6.80. The number of carbonyl (C=O) groups is 2. The summed E-state index contributed by atoms with van der Waals surface area (Å²) in [5.74, 6) is -1.39. The van der Waals surface area contributed by atoms with Crippen LogP contribution in [-0.4, -0.2) is 51.9 Å². The van der Waals surface area contributed by atoms with Crippen LogP contribution < -0.4 is 0 Å². The molecule has 28 heavy (non-hydrogen) atoms. The molecule has 0 radical (unpaired) electrons. The molecule has 0 saturated heterocycles. The van der Waals surface area contributed by atoms with Gasteiger partial charge in [-0.25, -0.2) is 9.97 Å². The molecular formula is C18H14N4O6. The average Bonchev–Trinajstić information content (AvgIpc) is 3.40. The first-order chi connectivity index (χ1) is 13.4. The zero-order valence-corrected chi connectivity index (χ0v) is 14.3. The number of imidazole rings is 2. The standard InChI is InChI=1S/C18H14N4O6/c23-5-1-2-6(24)9(5)17-19-11-12(20-17)16(28)14-13(15(11)27)21-18(22-14)10-7(25)3-4-8(10)26/h23,25,27-28H,1-4H2,(H,19,20)(H,21,22). The van der Waals surface area contributed by atoms with E-state index in [0.717, 1.165) is 0 Å². The number of allylic oxidation sites excluding steroid dienone is 4. The van der Waals surface area contributed by atoms with Gasteiger partial charge in [0.15, 0.2) is 23.1 Å². The number of nitrogens with zero attached hydrogens (tertiary/aromatic N) is 2. The zero-order valence-electron chi connectivity index (χ0n) is 14.3. The Morgan fingerprint density at radius 2 is 1.07 bits per heavy atom. The van der Waals surface area contributed by atoms with Crippen molar-refractivity contribution in [3.05, 3.63) is 23.2 Å². The maximum atomic E-state index is 12.0. The number of H-pyrrole nitrogens is 2. The van der Waals surface area contributed by atoms with E-state index in [-0.39, 0.29) is 105 Å². The summed E-state index contributed by atoms with van der Waals surface area (Å²) >= 11 is 0. The molecule has 6 N–H and O–H groups in total. The quantitative estimate of drug-likeness (QED) is 0.366. The van der Waals surface area contributed by atoms with Gasteiger partial charge in [-0.3, -0.25) is 9.59 Å². The average molecular weight is 382 g/mol. The van der Waals surface area contributed by atoms with Gasteiger partial charge in [0.1, 0.15) is 45.2 Å². The molecule has 10 nitrogen and oxygen atoms in total. The number of nitrogens with one attached hydrogen (secondary N) is 2. The van der Waals surface area contributed by atoms with Crippen molar-refractivity contribution in [1.82, 2.24) is 19.9 Å². The van der Waals surface area contributed by atoms with Crippen molar-refractivity contribution in [3.63, 3.8) is 0 Å². The highest BCUT2D eigenvalue weighted by atomic mass is 16.3. The fourth-order valence-electron chi connectivity index (χ4n) is 3.73. The van der Waals surface area contributed by atoms with Crippen LogP contribution >= 0.6 is 0 Å². The van der Waals surface area contributed by atoms with Crippen molar-refractivity contribution in [2.45, 2.75) is 25.7 Å². The molecule has 142 valence electrons. The summed E-state index contributed by atoms with van der Waals surface area (Å²) in [5, 5.41) is 41.1. The van der Waals surface area contributed by atoms with Gasteiger partial charge in [-0.15, -0.1) is 0 Å². The van der Waals surface area contributed by atoms with Gasteiger partial charge >= 0.3 is 0 Å². The van der Waals surface area contributed by atoms with Gasteiger partial charge in [0.25, 0.3) is 0 Å². The fraction of sp³-hybridized carbons (Fsp3) is 0.222. The number of Topliss-reactive ketones (excluding diaryl/α,β-unsaturated/α-hetero) is 2. The van der Waals surface area contributed by atoms with Crippen LogP contribution in [-0.2, 0) is 9.59 Å². The number of hydrogen-bond acceptors (Lipinski definition) is 8. The molecule has 2 aliphatic rings. The molecule has 0 saturated carbocycles. The van der Waals surface area contributed by atoms with Crippen LogP contribution in [0.1, 0.15) is 37.3 Å². The lowest BCUT2D eigenvalue weighted by molar-refractivity contribution is -0.114. The van der Waals surface area contributed by atoms with Crippen molar-refractivity contribution in [1.29, 1.82) is 0 Å². The summed E-state index contributed by atoms with van der Waals surface area (Å²) < 4.78 is 0. The number of ketones is 2. The largest absolute Gasteiger partial charge is 0.511 e. The number of aromatic amines is 2. The van der Waals surface area contributed by atoms with E-state index in [1.54, 1.807) is 0 Å². The lowest BCUT2D eigenvalue weighted by Gasteiger charge is -1.99. The highest BCUT2D eigenvalue weighted by Crippen LogP contribution is 2.42. The van der Waals surface area contributed by atoms with E-state index in [9.17, 15) is 30.0 Å². The Kier molecular flexibility index (Phi) is 3.12. The molecule has 0 spiro atoms. The summed E-state index contributed by atoms with van der Waals surface area (Å²) in [4.78, 5) is 37.8. The number of aromatic nitrogens is 4. The highest BCUT2D eigenvalue weighted by Gasteiger charge is 2.31. The molecule has 3 aromatic rings. The molecule has 0 unspecified atom stereocenters. The van der Waals surface area contributed by atoms with Crippen molar-refractivity contribution >= 4 is 44.8 Å². The molecule has 1 aromatic carbocycles. The summed E-state index contributed by atoms with van der Waals surface area (Å²) in [5.41, 5.74) is 0.0816. The Morgan fingerprint density at radius 1 is 0.643 bits per heavy atom. The second-order valence-corrected chi connectivity index (χ2v) is 6.80. The lowest BCUT2D eigenvalue weighted by Crippen LogP contribution is -1.98. The number of rotatable bonds is 2. The number of fused-ring (bicyclic) bond motifs is 2. The number of aliphatic hydroxyl groups is 2. The van der Waals surface area contributed by atoms with E-state index >= 15 is 0 Å². The Bertz CT molecular complexity index is 1140. The molecule has 2 aromatic heterocycles. The Labute approximate surface area is 155 Å². The molecule has 0 bridgehead atoms. The third-order valence-corrected chi connectivity index (χ3v) is 5.12. The van der Waals surface area contributed by atoms with Crippen molar-refractivity contribution in [2.24, 2.45) is 0 Å². The van der Waals surface area contributed by atoms with Crippen molar-refractivity contribution in [2.75, 3.05) is 0 Å². The summed E-state index contributed by atoms with van der Waals surface area (Å²) in [6.07, 6.45) is 0.742. The molecule has 0 atom stereocenters. The summed E-state index contributed by atoms with van der Waals surface area (Å²) in [6.45, 7) is 0. The topological polar surface area (TPSA) is 172 Å². The van der Waals surface area contributed by atoms with Crippen LogP contribution in [0.5, 0.6) is 11.5 Å². The fourth-order valence-corrected chi connectivity index (χ4v) is 3.73. The zero-order chi connectivity index (χ0) is 19.7. The number of aromatic hydroxyl groups is 2. The highest BCUT2D eigenvalue weighted by molar-refractivity contribution is 6.24. The smallest absolute Gasteiger partial charge is 0.172 e. The normalized spacial score (nSPS) is 17.9. The number of phenolic OH excluding ortho intramolecular Hbond substituents is 2. The number of benzene rings is 1. The molecule has 5 rings (SSSR count). The predicted molar refractivity (Wildman–Crippen MR) is 96.7 cm³/mol. The lowest BCUT2D eigenvalue weighted by atomic mass is 10.2. The minimum atomic E-state index is -0.371. The first kappa shape index (κ1) is 16.4. The van der Waals surface area contributed by atoms with E-state index in [2.05, 4.69) is 19.9 Å². The molecule has 0 amide bonds. The van der Waals surface area contributed by atoms with Gasteiger partial charge in [-0.1, -0.05) is 0 Å². The van der Waals surface area contributed by atoms with Crippen molar-refractivity contribution < 1.29 is 30.0 Å². The minimum Gasteiger partial charge on any atom is -0.511 e. The van der Waals surface area contributed by atoms with E-state index in [0.29, 0.717) is 0 Å². The Balaban J connectivity index is 1.75. The number of carbonyl (C=O) groups excluding carboxylic acids is 2. The molecule has 2 heterocycles. The van der Waals surface area contributed by atoms with Gasteiger partial charge in [0, 0.05) is 25.7 Å². The van der Waals surface area contributed by atoms with Crippen LogP contribution in [0.15, 0.2) is 11.5 Å². The van der Waals surface area contributed by atoms with Crippen LogP contribution in [0, 0.1) is 0 Å². The molecule has 0 aliphatic heterocycles. The molecular weight excluding hydrogens is 368 g/mol. The van der Waals surface area contributed by atoms with Crippen LogP contribution in [0.4, 0.5) is 0 Å². The number of hydrogen-bond donors (Lipinski definition) is 6. The van der Waals surface area contributed by atoms with Gasteiger partial charge in [0.05, 0.1) is 11.1 Å². The van der Waals surface area contributed by atoms with Gasteiger partial charge in [0.2, 0.25) is 0 Å². The summed E-state index contributed by atoms with van der Waals surface area (Å²) in [6, 6.07) is 0.